The lowest BCUT2D eigenvalue weighted by atomic mass is 9.81. The van der Waals surface area contributed by atoms with Gasteiger partial charge < -0.3 is 19.7 Å². The van der Waals surface area contributed by atoms with E-state index in [0.29, 0.717) is 45.3 Å². The maximum Gasteiger partial charge on any atom is 0.336 e. The van der Waals surface area contributed by atoms with Crippen LogP contribution in [0, 0.1) is 0 Å². The van der Waals surface area contributed by atoms with Crippen molar-refractivity contribution in [1.82, 2.24) is 9.80 Å². The summed E-state index contributed by atoms with van der Waals surface area (Å²) < 4.78 is 13.8. The Morgan fingerprint density at radius 3 is 1.29 bits per heavy atom. The zero-order valence-corrected chi connectivity index (χ0v) is 34.3. The van der Waals surface area contributed by atoms with Gasteiger partial charge in [-0.15, -0.1) is 0 Å². The highest BCUT2D eigenvalue weighted by Crippen LogP contribution is 2.51. The zero-order valence-electron chi connectivity index (χ0n) is 34.3. The normalized spacial score (nSPS) is 17.9. The van der Waals surface area contributed by atoms with Crippen molar-refractivity contribution in [2.45, 2.75) is 91.1 Å². The SMILES string of the molecule is CCCCN(CCCC)C1C=CC2=C(c3ccccc3C(=O)O)c3cc4c(cc3OC2=C1)OC1=CC(N(CCCC)CCCC)C=CC1=C4c1ccccc1C(=O)O. The van der Waals surface area contributed by atoms with Gasteiger partial charge in [-0.3, -0.25) is 9.80 Å². The minimum atomic E-state index is -1.02. The first-order chi connectivity index (χ1) is 28.3. The fourth-order valence-corrected chi connectivity index (χ4v) is 8.47. The standard InChI is InChI=1S/C50H56N2O6/c1-5-9-25-51(26-10-6-2)33-21-23-39-43(29-33)57-45-32-46-42(31-41(45)47(39)35-17-13-15-19-37(35)49(53)54)48(36-18-14-16-20-38(36)50(55)56)40-24-22-34(30-44(40)58-46)52(27-11-7-3)28-12-8-4/h13-24,29-34H,5-12,25-28H2,1-4H3,(H,53,54)(H,55,56). The van der Waals surface area contributed by atoms with Gasteiger partial charge in [-0.05, 0) is 93.3 Å². The van der Waals surface area contributed by atoms with Crippen LogP contribution in [0.5, 0.6) is 11.5 Å². The number of unbranched alkanes of at least 4 members (excludes halogenated alkanes) is 4. The molecule has 0 saturated heterocycles. The van der Waals surface area contributed by atoms with E-state index >= 15 is 0 Å². The number of allylic oxidation sites excluding steroid dienone is 2. The first kappa shape index (κ1) is 40.7. The van der Waals surface area contributed by atoms with Crippen molar-refractivity contribution >= 4 is 23.1 Å². The number of rotatable bonds is 18. The van der Waals surface area contributed by atoms with Crippen LogP contribution in [0.3, 0.4) is 0 Å². The van der Waals surface area contributed by atoms with Gasteiger partial charge in [-0.25, -0.2) is 9.59 Å². The quantitative estimate of drug-likeness (QED) is 0.132. The number of carbonyl (C=O) groups is 2. The van der Waals surface area contributed by atoms with Crippen LogP contribution in [-0.4, -0.2) is 70.2 Å². The highest BCUT2D eigenvalue weighted by Gasteiger charge is 2.36. The Labute approximate surface area is 343 Å². The Morgan fingerprint density at radius 1 is 0.552 bits per heavy atom. The molecule has 0 saturated carbocycles. The van der Waals surface area contributed by atoms with E-state index in [-0.39, 0.29) is 23.2 Å². The van der Waals surface area contributed by atoms with Crippen molar-refractivity contribution < 1.29 is 29.3 Å². The van der Waals surface area contributed by atoms with Crippen LogP contribution in [0.2, 0.25) is 0 Å². The second-order valence-electron chi connectivity index (χ2n) is 15.6. The molecular formula is C50H56N2O6. The highest BCUT2D eigenvalue weighted by atomic mass is 16.5. The number of hydrogen-bond acceptors (Lipinski definition) is 6. The van der Waals surface area contributed by atoms with Gasteiger partial charge in [0.1, 0.15) is 23.0 Å². The molecule has 2 aliphatic heterocycles. The molecule has 0 bridgehead atoms. The molecule has 0 amide bonds. The molecule has 0 fully saturated rings. The van der Waals surface area contributed by atoms with Gasteiger partial charge in [-0.1, -0.05) is 114 Å². The number of ether oxygens (including phenoxy) is 2. The summed E-state index contributed by atoms with van der Waals surface area (Å²) in [6.07, 6.45) is 21.7. The second kappa shape index (κ2) is 18.4. The molecule has 0 aromatic heterocycles. The van der Waals surface area contributed by atoms with Crippen LogP contribution in [0.15, 0.2) is 120 Å². The van der Waals surface area contributed by atoms with E-state index in [1.165, 1.54) is 0 Å². The summed E-state index contributed by atoms with van der Waals surface area (Å²) in [5.74, 6) is 0.425. The van der Waals surface area contributed by atoms with Crippen molar-refractivity contribution in [2.24, 2.45) is 0 Å². The Kier molecular flexibility index (Phi) is 12.9. The van der Waals surface area contributed by atoms with E-state index in [1.54, 1.807) is 24.3 Å². The number of carboxylic acids is 2. The molecule has 2 aliphatic carbocycles. The van der Waals surface area contributed by atoms with Crippen LogP contribution < -0.4 is 9.47 Å². The number of carboxylic acid groups (broad SMARTS) is 2. The molecule has 3 aromatic carbocycles. The molecule has 8 nitrogen and oxygen atoms in total. The molecule has 3 aromatic rings. The summed E-state index contributed by atoms with van der Waals surface area (Å²) in [7, 11) is 0. The van der Waals surface area contributed by atoms with E-state index in [0.717, 1.165) is 99.8 Å². The van der Waals surface area contributed by atoms with Gasteiger partial charge in [0, 0.05) is 39.5 Å². The largest absolute Gasteiger partial charge is 0.478 e. The molecule has 2 heterocycles. The monoisotopic (exact) mass is 780 g/mol. The minimum absolute atomic E-state index is 0.0207. The third-order valence-corrected chi connectivity index (χ3v) is 11.6. The van der Waals surface area contributed by atoms with E-state index in [9.17, 15) is 19.8 Å². The first-order valence-electron chi connectivity index (χ1n) is 21.2. The molecular weight excluding hydrogens is 725 g/mol. The summed E-state index contributed by atoms with van der Waals surface area (Å²) in [4.78, 5) is 30.6. The van der Waals surface area contributed by atoms with Crippen molar-refractivity contribution in [3.05, 3.63) is 153 Å². The van der Waals surface area contributed by atoms with Crippen LogP contribution in [0.4, 0.5) is 0 Å². The lowest BCUT2D eigenvalue weighted by molar-refractivity contribution is 0.0685. The average Bonchev–Trinajstić information content (AvgIpc) is 3.23. The predicted molar refractivity (Wildman–Crippen MR) is 231 cm³/mol. The van der Waals surface area contributed by atoms with Crippen LogP contribution >= 0.6 is 0 Å². The molecule has 0 radical (unpaired) electrons. The summed E-state index contributed by atoms with van der Waals surface area (Å²) in [6.45, 7) is 12.7. The Hall–Kier alpha value is -5.44. The van der Waals surface area contributed by atoms with Crippen LogP contribution in [-0.2, 0) is 0 Å². The van der Waals surface area contributed by atoms with E-state index in [1.807, 2.05) is 36.4 Å². The third-order valence-electron chi connectivity index (χ3n) is 11.6. The van der Waals surface area contributed by atoms with Crippen molar-refractivity contribution in [3.63, 3.8) is 0 Å². The third kappa shape index (κ3) is 8.27. The molecule has 7 rings (SSSR count). The average molecular weight is 781 g/mol. The smallest absolute Gasteiger partial charge is 0.336 e. The van der Waals surface area contributed by atoms with E-state index in [4.69, 9.17) is 9.47 Å². The Balaban J connectivity index is 1.43. The lowest BCUT2D eigenvalue weighted by Gasteiger charge is -2.35. The summed E-state index contributed by atoms with van der Waals surface area (Å²) >= 11 is 0. The van der Waals surface area contributed by atoms with Crippen LogP contribution in [0.25, 0.3) is 11.1 Å². The predicted octanol–water partition coefficient (Wildman–Crippen LogP) is 10.9. The van der Waals surface area contributed by atoms with E-state index < -0.39 is 11.9 Å². The molecule has 2 unspecified atom stereocenters. The van der Waals surface area contributed by atoms with Crippen molar-refractivity contribution in [3.8, 4) is 11.5 Å². The molecule has 4 aliphatic rings. The number of nitrogens with zero attached hydrogens (tertiary/aromatic N) is 2. The molecule has 2 N–H and O–H groups in total. The highest BCUT2D eigenvalue weighted by molar-refractivity contribution is 6.04. The first-order valence-corrected chi connectivity index (χ1v) is 21.2. The van der Waals surface area contributed by atoms with Crippen LogP contribution in [0.1, 0.15) is 122 Å². The zero-order chi connectivity index (χ0) is 40.8. The fraction of sp³-hybridized carbons (Fsp3) is 0.360. The van der Waals surface area contributed by atoms with Gasteiger partial charge in [0.25, 0.3) is 0 Å². The van der Waals surface area contributed by atoms with Gasteiger partial charge >= 0.3 is 11.9 Å². The second-order valence-corrected chi connectivity index (χ2v) is 15.6. The number of fused-ring (bicyclic) bond motifs is 4. The lowest BCUT2D eigenvalue weighted by Crippen LogP contribution is -2.36. The molecule has 0 spiro atoms. The summed E-state index contributed by atoms with van der Waals surface area (Å²) in [5, 5.41) is 21.0. The molecule has 302 valence electrons. The van der Waals surface area contributed by atoms with Gasteiger partial charge in [0.15, 0.2) is 0 Å². The number of hydrogen-bond donors (Lipinski definition) is 2. The molecule has 2 atom stereocenters. The fourth-order valence-electron chi connectivity index (χ4n) is 8.47. The maximum atomic E-state index is 12.8. The Bertz CT molecular complexity index is 2070. The van der Waals surface area contributed by atoms with Gasteiger partial charge in [-0.2, -0.15) is 0 Å². The molecule has 8 heteroatoms. The van der Waals surface area contributed by atoms with E-state index in [2.05, 4.69) is 74.0 Å². The molecule has 58 heavy (non-hydrogen) atoms. The van der Waals surface area contributed by atoms with Crippen molar-refractivity contribution in [2.75, 3.05) is 26.2 Å². The number of aromatic carboxylic acids is 2. The maximum absolute atomic E-state index is 12.8. The number of benzene rings is 3. The van der Waals surface area contributed by atoms with Crippen molar-refractivity contribution in [1.29, 1.82) is 0 Å². The topological polar surface area (TPSA) is 99.5 Å². The summed E-state index contributed by atoms with van der Waals surface area (Å²) in [6, 6.07) is 18.2. The summed E-state index contributed by atoms with van der Waals surface area (Å²) in [5.41, 5.74) is 6.05. The van der Waals surface area contributed by atoms with Gasteiger partial charge in [0.05, 0.1) is 23.2 Å². The minimum Gasteiger partial charge on any atom is -0.478 e. The Morgan fingerprint density at radius 2 is 0.931 bits per heavy atom. The van der Waals surface area contributed by atoms with Gasteiger partial charge in [0.2, 0.25) is 0 Å².